The van der Waals surface area contributed by atoms with Crippen molar-refractivity contribution in [2.45, 2.75) is 19.3 Å². The minimum Gasteiger partial charge on any atom is -0.396 e. The van der Waals surface area contributed by atoms with Crippen molar-refractivity contribution < 1.29 is 9.90 Å². The molecule has 0 aliphatic heterocycles. The number of amides is 1. The van der Waals surface area contributed by atoms with Crippen molar-refractivity contribution in [3.05, 3.63) is 59.4 Å². The van der Waals surface area contributed by atoms with Gasteiger partial charge in [-0.1, -0.05) is 30.3 Å². The van der Waals surface area contributed by atoms with Crippen LogP contribution in [0.2, 0.25) is 0 Å². The lowest BCUT2D eigenvalue weighted by Gasteiger charge is -2.17. The third-order valence-corrected chi connectivity index (χ3v) is 3.46. The topological polar surface area (TPSA) is 65.1 Å². The van der Waals surface area contributed by atoms with Gasteiger partial charge in [0.15, 0.2) is 0 Å². The molecule has 0 saturated carbocycles. The van der Waals surface area contributed by atoms with E-state index in [1.165, 1.54) is 0 Å². The molecule has 4 heteroatoms. The van der Waals surface area contributed by atoms with E-state index in [0.29, 0.717) is 18.5 Å². The summed E-state index contributed by atoms with van der Waals surface area (Å²) in [6.07, 6.45) is 2.39. The predicted octanol–water partition coefficient (Wildman–Crippen LogP) is 2.22. The molecule has 0 saturated heterocycles. The summed E-state index contributed by atoms with van der Waals surface area (Å²) in [6.45, 7) is 2.50. The van der Waals surface area contributed by atoms with Crippen LogP contribution in [0.5, 0.6) is 0 Å². The average Bonchev–Trinajstić information content (AvgIpc) is 2.90. The minimum absolute atomic E-state index is 0.0809. The summed E-state index contributed by atoms with van der Waals surface area (Å²) in [6, 6.07) is 11.7. The maximum absolute atomic E-state index is 12.1. The van der Waals surface area contributed by atoms with Gasteiger partial charge in [0.25, 0.3) is 5.91 Å². The van der Waals surface area contributed by atoms with E-state index in [9.17, 15) is 9.90 Å². The molecule has 106 valence electrons. The summed E-state index contributed by atoms with van der Waals surface area (Å²) in [4.78, 5) is 15.1. The summed E-state index contributed by atoms with van der Waals surface area (Å²) in [5.74, 6) is 0.0482. The van der Waals surface area contributed by atoms with Crippen LogP contribution in [0.15, 0.2) is 42.6 Å². The number of aromatic nitrogens is 1. The van der Waals surface area contributed by atoms with E-state index < -0.39 is 0 Å². The normalized spacial score (nSPS) is 12.1. The molecule has 4 nitrogen and oxygen atoms in total. The molecule has 2 rings (SSSR count). The van der Waals surface area contributed by atoms with Crippen molar-refractivity contribution in [2.24, 2.45) is 0 Å². The first-order chi connectivity index (χ1) is 9.72. The number of benzene rings is 1. The summed E-state index contributed by atoms with van der Waals surface area (Å²) in [7, 11) is 0. The smallest absolute Gasteiger partial charge is 0.253 e. The highest BCUT2D eigenvalue weighted by molar-refractivity contribution is 5.95. The maximum Gasteiger partial charge on any atom is 0.253 e. The Bertz CT molecular complexity index is 549. The van der Waals surface area contributed by atoms with Gasteiger partial charge in [-0.05, 0) is 25.0 Å². The number of rotatable bonds is 6. The molecule has 0 spiro atoms. The molecule has 0 bridgehead atoms. The molecule has 0 aliphatic rings. The van der Waals surface area contributed by atoms with Gasteiger partial charge in [0.2, 0.25) is 0 Å². The second kappa shape index (κ2) is 6.91. The highest BCUT2D eigenvalue weighted by atomic mass is 16.3. The van der Waals surface area contributed by atoms with Crippen molar-refractivity contribution in [2.75, 3.05) is 13.2 Å². The van der Waals surface area contributed by atoms with Crippen molar-refractivity contribution in [1.29, 1.82) is 0 Å². The van der Waals surface area contributed by atoms with Gasteiger partial charge in [-0.3, -0.25) is 4.79 Å². The number of aliphatic hydroxyl groups is 1. The summed E-state index contributed by atoms with van der Waals surface area (Å²) >= 11 is 0. The zero-order chi connectivity index (χ0) is 14.4. The number of aromatic amines is 1. The van der Waals surface area contributed by atoms with Gasteiger partial charge in [0.1, 0.15) is 0 Å². The molecule has 1 aromatic heterocycles. The Hall–Kier alpha value is -2.07. The van der Waals surface area contributed by atoms with E-state index in [-0.39, 0.29) is 18.4 Å². The Morgan fingerprint density at radius 3 is 2.65 bits per heavy atom. The lowest BCUT2D eigenvalue weighted by atomic mass is 9.96. The highest BCUT2D eigenvalue weighted by Gasteiger charge is 2.14. The lowest BCUT2D eigenvalue weighted by Crippen LogP contribution is -2.29. The van der Waals surface area contributed by atoms with Crippen LogP contribution in [0.1, 0.15) is 34.0 Å². The molecule has 1 aromatic carbocycles. The largest absolute Gasteiger partial charge is 0.396 e. The van der Waals surface area contributed by atoms with E-state index in [1.807, 2.05) is 37.3 Å². The van der Waals surface area contributed by atoms with Crippen molar-refractivity contribution in [1.82, 2.24) is 10.3 Å². The first kappa shape index (κ1) is 14.3. The van der Waals surface area contributed by atoms with Crippen LogP contribution in [-0.4, -0.2) is 29.1 Å². The Morgan fingerprint density at radius 1 is 1.30 bits per heavy atom. The molecular formula is C16H20N2O2. The molecule has 20 heavy (non-hydrogen) atoms. The van der Waals surface area contributed by atoms with Gasteiger partial charge >= 0.3 is 0 Å². The molecule has 1 heterocycles. The molecule has 0 radical (unpaired) electrons. The molecule has 1 unspecified atom stereocenters. The van der Waals surface area contributed by atoms with Crippen molar-refractivity contribution >= 4 is 5.91 Å². The fourth-order valence-electron chi connectivity index (χ4n) is 2.28. The number of carbonyl (C=O) groups excluding carboxylic acids is 1. The fraction of sp³-hybridized carbons (Fsp3) is 0.312. The van der Waals surface area contributed by atoms with Crippen LogP contribution in [0.4, 0.5) is 0 Å². The fourth-order valence-corrected chi connectivity index (χ4v) is 2.28. The second-order valence-electron chi connectivity index (χ2n) is 4.85. The SMILES string of the molecule is Cc1[nH]ccc1C(=O)NCC(CCO)c1ccccc1. The maximum atomic E-state index is 12.1. The van der Waals surface area contributed by atoms with Gasteiger partial charge in [-0.2, -0.15) is 0 Å². The summed E-state index contributed by atoms with van der Waals surface area (Å²) < 4.78 is 0. The zero-order valence-electron chi connectivity index (χ0n) is 11.6. The molecular weight excluding hydrogens is 252 g/mol. The van der Waals surface area contributed by atoms with E-state index in [1.54, 1.807) is 12.3 Å². The lowest BCUT2D eigenvalue weighted by molar-refractivity contribution is 0.0949. The van der Waals surface area contributed by atoms with Gasteiger partial charge in [-0.15, -0.1) is 0 Å². The van der Waals surface area contributed by atoms with Gasteiger partial charge in [-0.25, -0.2) is 0 Å². The number of aryl methyl sites for hydroxylation is 1. The molecule has 2 aromatic rings. The van der Waals surface area contributed by atoms with Crippen LogP contribution in [0.3, 0.4) is 0 Å². The van der Waals surface area contributed by atoms with Gasteiger partial charge < -0.3 is 15.4 Å². The van der Waals surface area contributed by atoms with Crippen molar-refractivity contribution in [3.8, 4) is 0 Å². The van der Waals surface area contributed by atoms with E-state index in [0.717, 1.165) is 11.3 Å². The van der Waals surface area contributed by atoms with Gasteiger partial charge in [0, 0.05) is 31.0 Å². The number of aliphatic hydroxyl groups excluding tert-OH is 1. The molecule has 1 atom stereocenters. The number of H-pyrrole nitrogens is 1. The van der Waals surface area contributed by atoms with Crippen LogP contribution in [-0.2, 0) is 0 Å². The average molecular weight is 272 g/mol. The Morgan fingerprint density at radius 2 is 2.05 bits per heavy atom. The third kappa shape index (κ3) is 3.48. The molecule has 3 N–H and O–H groups in total. The van der Waals surface area contributed by atoms with Crippen LogP contribution >= 0.6 is 0 Å². The minimum atomic E-state index is -0.0809. The standard InChI is InChI=1S/C16H20N2O2/c1-12-15(7-9-17-12)16(20)18-11-14(8-10-19)13-5-3-2-4-6-13/h2-7,9,14,17,19H,8,10-11H2,1H3,(H,18,20). The predicted molar refractivity (Wildman–Crippen MR) is 78.7 cm³/mol. The van der Waals surface area contributed by atoms with Crippen molar-refractivity contribution in [3.63, 3.8) is 0 Å². The van der Waals surface area contributed by atoms with Crippen LogP contribution in [0.25, 0.3) is 0 Å². The zero-order valence-corrected chi connectivity index (χ0v) is 11.6. The van der Waals surface area contributed by atoms with E-state index in [4.69, 9.17) is 0 Å². The highest BCUT2D eigenvalue weighted by Crippen LogP contribution is 2.18. The summed E-state index contributed by atoms with van der Waals surface area (Å²) in [5, 5.41) is 12.1. The Labute approximate surface area is 118 Å². The first-order valence-corrected chi connectivity index (χ1v) is 6.80. The Kier molecular flexibility index (Phi) is 4.96. The number of hydrogen-bond acceptors (Lipinski definition) is 2. The molecule has 0 aliphatic carbocycles. The summed E-state index contributed by atoms with van der Waals surface area (Å²) in [5.41, 5.74) is 2.66. The number of nitrogens with one attached hydrogen (secondary N) is 2. The number of carbonyl (C=O) groups is 1. The van der Waals surface area contributed by atoms with E-state index >= 15 is 0 Å². The Balaban J connectivity index is 1.99. The third-order valence-electron chi connectivity index (χ3n) is 3.46. The molecule has 0 fully saturated rings. The van der Waals surface area contributed by atoms with Crippen LogP contribution in [0, 0.1) is 6.92 Å². The van der Waals surface area contributed by atoms with Crippen LogP contribution < -0.4 is 5.32 Å². The molecule has 1 amide bonds. The van der Waals surface area contributed by atoms with Gasteiger partial charge in [0.05, 0.1) is 5.56 Å². The second-order valence-corrected chi connectivity index (χ2v) is 4.85. The monoisotopic (exact) mass is 272 g/mol. The quantitative estimate of drug-likeness (QED) is 0.755. The number of hydrogen-bond donors (Lipinski definition) is 3. The first-order valence-electron chi connectivity index (χ1n) is 6.80. The van der Waals surface area contributed by atoms with E-state index in [2.05, 4.69) is 10.3 Å².